The molecular weight excluding hydrogens is 209 g/mol. The molecule has 0 aliphatic heterocycles. The zero-order chi connectivity index (χ0) is 11.7. The maximum Gasteiger partial charge on any atom is 0.421 e. The number of phenols is 1. The zero-order valence-electron chi connectivity index (χ0n) is 8.04. The maximum absolute atomic E-state index is 12.6. The van der Waals surface area contributed by atoms with Gasteiger partial charge in [0.1, 0.15) is 5.75 Å². The van der Waals surface area contributed by atoms with Crippen LogP contribution in [0.2, 0.25) is 0 Å². The molecule has 0 bridgehead atoms. The molecule has 0 saturated carbocycles. The van der Waals surface area contributed by atoms with Crippen molar-refractivity contribution >= 4 is 0 Å². The molecule has 1 aromatic carbocycles. The summed E-state index contributed by atoms with van der Waals surface area (Å²) in [6.45, 7) is 1.23. The molecule has 1 aromatic rings. The number of alkyl halides is 3. The number of hydrogen-bond acceptors (Lipinski definition) is 2. The number of rotatable bonds is 2. The molecule has 84 valence electrons. The SMILES string of the molecule is CCC(O)(c1cccc(O)c1)C(F)(F)F. The van der Waals surface area contributed by atoms with Gasteiger partial charge in [-0.05, 0) is 24.1 Å². The molecule has 15 heavy (non-hydrogen) atoms. The van der Waals surface area contributed by atoms with E-state index in [4.69, 9.17) is 5.11 Å². The third kappa shape index (κ3) is 2.07. The van der Waals surface area contributed by atoms with Gasteiger partial charge in [0, 0.05) is 0 Å². The van der Waals surface area contributed by atoms with Gasteiger partial charge in [-0.15, -0.1) is 0 Å². The summed E-state index contributed by atoms with van der Waals surface area (Å²) in [7, 11) is 0. The summed E-state index contributed by atoms with van der Waals surface area (Å²) in [4.78, 5) is 0. The van der Waals surface area contributed by atoms with E-state index < -0.39 is 18.2 Å². The lowest BCUT2D eigenvalue weighted by Gasteiger charge is -2.29. The molecule has 0 radical (unpaired) electrons. The van der Waals surface area contributed by atoms with Gasteiger partial charge in [0.2, 0.25) is 0 Å². The Morgan fingerprint density at radius 3 is 2.27 bits per heavy atom. The van der Waals surface area contributed by atoms with E-state index in [1.54, 1.807) is 0 Å². The van der Waals surface area contributed by atoms with Crippen LogP contribution in [-0.4, -0.2) is 16.4 Å². The van der Waals surface area contributed by atoms with Gasteiger partial charge in [-0.2, -0.15) is 13.2 Å². The lowest BCUT2D eigenvalue weighted by atomic mass is 9.90. The second kappa shape index (κ2) is 3.73. The second-order valence-electron chi connectivity index (χ2n) is 3.26. The average Bonchev–Trinajstić information content (AvgIpc) is 2.14. The fourth-order valence-corrected chi connectivity index (χ4v) is 1.33. The number of halogens is 3. The highest BCUT2D eigenvalue weighted by Crippen LogP contribution is 2.41. The normalized spacial score (nSPS) is 16.1. The highest BCUT2D eigenvalue weighted by Gasteiger charge is 2.53. The number of aliphatic hydroxyl groups is 1. The molecule has 0 fully saturated rings. The van der Waals surface area contributed by atoms with Crippen molar-refractivity contribution in [2.75, 3.05) is 0 Å². The summed E-state index contributed by atoms with van der Waals surface area (Å²) in [5.74, 6) is -0.302. The lowest BCUT2D eigenvalue weighted by molar-refractivity contribution is -0.267. The van der Waals surface area contributed by atoms with Crippen LogP contribution in [-0.2, 0) is 5.60 Å². The van der Waals surface area contributed by atoms with Crippen LogP contribution in [0.15, 0.2) is 24.3 Å². The second-order valence-corrected chi connectivity index (χ2v) is 3.26. The molecule has 2 nitrogen and oxygen atoms in total. The van der Waals surface area contributed by atoms with Crippen LogP contribution in [0.5, 0.6) is 5.75 Å². The van der Waals surface area contributed by atoms with Gasteiger partial charge in [-0.1, -0.05) is 19.1 Å². The summed E-state index contributed by atoms with van der Waals surface area (Å²) in [6.07, 6.45) is -5.25. The van der Waals surface area contributed by atoms with Gasteiger partial charge >= 0.3 is 6.18 Å². The van der Waals surface area contributed by atoms with Crippen molar-refractivity contribution in [1.29, 1.82) is 0 Å². The van der Waals surface area contributed by atoms with Gasteiger partial charge < -0.3 is 10.2 Å². The lowest BCUT2D eigenvalue weighted by Crippen LogP contribution is -2.41. The Hall–Kier alpha value is -1.23. The van der Waals surface area contributed by atoms with Crippen molar-refractivity contribution < 1.29 is 23.4 Å². The van der Waals surface area contributed by atoms with Crippen molar-refractivity contribution in [2.24, 2.45) is 0 Å². The van der Waals surface area contributed by atoms with Crippen molar-refractivity contribution in [3.8, 4) is 5.75 Å². The summed E-state index contributed by atoms with van der Waals surface area (Å²) < 4.78 is 37.8. The van der Waals surface area contributed by atoms with Crippen LogP contribution in [0, 0.1) is 0 Å². The Bertz CT molecular complexity index is 349. The van der Waals surface area contributed by atoms with Crippen LogP contribution < -0.4 is 0 Å². The van der Waals surface area contributed by atoms with Gasteiger partial charge in [-0.3, -0.25) is 0 Å². The third-order valence-corrected chi connectivity index (χ3v) is 2.30. The van der Waals surface area contributed by atoms with E-state index in [0.717, 1.165) is 12.1 Å². The largest absolute Gasteiger partial charge is 0.508 e. The molecule has 0 heterocycles. The van der Waals surface area contributed by atoms with E-state index in [1.807, 2.05) is 0 Å². The first-order valence-electron chi connectivity index (χ1n) is 4.40. The van der Waals surface area contributed by atoms with E-state index in [1.165, 1.54) is 19.1 Å². The first-order chi connectivity index (χ1) is 6.81. The van der Waals surface area contributed by atoms with Gasteiger partial charge in [0.25, 0.3) is 0 Å². The van der Waals surface area contributed by atoms with E-state index in [0.29, 0.717) is 0 Å². The Morgan fingerprint density at radius 1 is 1.27 bits per heavy atom. The van der Waals surface area contributed by atoms with Crippen molar-refractivity contribution in [1.82, 2.24) is 0 Å². The minimum Gasteiger partial charge on any atom is -0.508 e. The maximum atomic E-state index is 12.6. The predicted molar refractivity (Wildman–Crippen MR) is 48.3 cm³/mol. The Morgan fingerprint density at radius 2 is 1.87 bits per heavy atom. The molecule has 1 unspecified atom stereocenters. The first kappa shape index (κ1) is 11.8. The number of benzene rings is 1. The minimum atomic E-state index is -4.75. The number of hydrogen-bond donors (Lipinski definition) is 2. The minimum absolute atomic E-state index is 0.302. The molecule has 1 atom stereocenters. The van der Waals surface area contributed by atoms with E-state index in [-0.39, 0.29) is 11.3 Å². The quantitative estimate of drug-likeness (QED) is 0.804. The molecule has 1 rings (SSSR count). The third-order valence-electron chi connectivity index (χ3n) is 2.30. The van der Waals surface area contributed by atoms with Gasteiger partial charge in [0.05, 0.1) is 0 Å². The topological polar surface area (TPSA) is 40.5 Å². The smallest absolute Gasteiger partial charge is 0.421 e. The van der Waals surface area contributed by atoms with Crippen LogP contribution in [0.25, 0.3) is 0 Å². The van der Waals surface area contributed by atoms with E-state index in [2.05, 4.69) is 0 Å². The molecule has 5 heteroatoms. The monoisotopic (exact) mass is 220 g/mol. The average molecular weight is 220 g/mol. The van der Waals surface area contributed by atoms with Crippen LogP contribution in [0.1, 0.15) is 18.9 Å². The summed E-state index contributed by atoms with van der Waals surface area (Å²) >= 11 is 0. The number of phenolic OH excluding ortho intramolecular Hbond substituents is 1. The van der Waals surface area contributed by atoms with E-state index >= 15 is 0 Å². The van der Waals surface area contributed by atoms with Crippen LogP contribution in [0.3, 0.4) is 0 Å². The van der Waals surface area contributed by atoms with Gasteiger partial charge in [-0.25, -0.2) is 0 Å². The highest BCUT2D eigenvalue weighted by atomic mass is 19.4. The van der Waals surface area contributed by atoms with Gasteiger partial charge in [0.15, 0.2) is 5.60 Å². The molecule has 0 aliphatic carbocycles. The summed E-state index contributed by atoms with van der Waals surface area (Å²) in [5.41, 5.74) is -3.25. The molecule has 0 spiro atoms. The molecule has 0 aliphatic rings. The fraction of sp³-hybridized carbons (Fsp3) is 0.400. The zero-order valence-corrected chi connectivity index (χ0v) is 8.04. The summed E-state index contributed by atoms with van der Waals surface area (Å²) in [5, 5.41) is 18.6. The molecule has 2 N–H and O–H groups in total. The Kier molecular flexibility index (Phi) is 2.95. The van der Waals surface area contributed by atoms with Crippen molar-refractivity contribution in [3.63, 3.8) is 0 Å². The predicted octanol–water partition coefficient (Wildman–Crippen LogP) is 2.55. The molecule has 0 amide bonds. The number of aromatic hydroxyl groups is 1. The Balaban J connectivity index is 3.23. The Labute approximate surface area is 85.0 Å². The van der Waals surface area contributed by atoms with Crippen molar-refractivity contribution in [3.05, 3.63) is 29.8 Å². The van der Waals surface area contributed by atoms with Crippen LogP contribution in [0.4, 0.5) is 13.2 Å². The summed E-state index contributed by atoms with van der Waals surface area (Å²) in [6, 6.07) is 4.56. The molecule has 0 aromatic heterocycles. The standard InChI is InChI=1S/C10H11F3O2/c1-2-9(15,10(11,12)13)7-4-3-5-8(14)6-7/h3-6,14-15H,2H2,1H3. The van der Waals surface area contributed by atoms with Crippen LogP contribution >= 0.6 is 0 Å². The van der Waals surface area contributed by atoms with E-state index in [9.17, 15) is 18.3 Å². The highest BCUT2D eigenvalue weighted by molar-refractivity contribution is 5.32. The van der Waals surface area contributed by atoms with Crippen molar-refractivity contribution in [2.45, 2.75) is 25.1 Å². The molecular formula is C10H11F3O2. The fourth-order valence-electron chi connectivity index (χ4n) is 1.33. The first-order valence-corrected chi connectivity index (χ1v) is 4.40. The molecule has 0 saturated heterocycles.